The number of benzene rings is 1. The molecular formula is C19H20ClN3O4. The second-order valence-electron chi connectivity index (χ2n) is 6.03. The summed E-state index contributed by atoms with van der Waals surface area (Å²) in [5.41, 5.74) is 2.67. The Balaban J connectivity index is 2.04. The van der Waals surface area contributed by atoms with Gasteiger partial charge >= 0.3 is 5.97 Å². The Labute approximate surface area is 162 Å². The molecule has 1 amide bonds. The molecule has 27 heavy (non-hydrogen) atoms. The largest absolute Gasteiger partial charge is 0.455 e. The first kappa shape index (κ1) is 20.5. The Bertz CT molecular complexity index is 866. The van der Waals surface area contributed by atoms with Crippen molar-refractivity contribution in [2.45, 2.75) is 33.6 Å². The van der Waals surface area contributed by atoms with Crippen molar-refractivity contribution < 1.29 is 18.8 Å². The Morgan fingerprint density at radius 1 is 1.33 bits per heavy atom. The molecule has 0 fully saturated rings. The Morgan fingerprint density at radius 3 is 2.67 bits per heavy atom. The minimum Gasteiger partial charge on any atom is -0.455 e. The van der Waals surface area contributed by atoms with Crippen LogP contribution < -0.4 is 4.90 Å². The number of ether oxygens (including phenoxy) is 1. The molecule has 0 aliphatic carbocycles. The van der Waals surface area contributed by atoms with Crippen LogP contribution in [-0.2, 0) is 20.7 Å². The maximum absolute atomic E-state index is 12.6. The summed E-state index contributed by atoms with van der Waals surface area (Å²) in [6, 6.07) is 7.14. The summed E-state index contributed by atoms with van der Waals surface area (Å²) in [5.74, 6) is -0.424. The molecule has 0 N–H and O–H groups in total. The second kappa shape index (κ2) is 9.19. The number of aryl methyl sites for hydroxylation is 3. The van der Waals surface area contributed by atoms with Gasteiger partial charge in [-0.05, 0) is 44.5 Å². The van der Waals surface area contributed by atoms with Gasteiger partial charge in [-0.2, -0.15) is 5.26 Å². The third-order valence-corrected chi connectivity index (χ3v) is 4.48. The van der Waals surface area contributed by atoms with Gasteiger partial charge in [0.1, 0.15) is 5.76 Å². The number of nitriles is 1. The van der Waals surface area contributed by atoms with Crippen LogP contribution in [0.4, 0.5) is 5.69 Å². The second-order valence-corrected chi connectivity index (χ2v) is 6.43. The predicted octanol–water partition coefficient (Wildman–Crippen LogP) is 3.29. The van der Waals surface area contributed by atoms with Gasteiger partial charge in [-0.15, -0.1) is 0 Å². The molecule has 0 aliphatic heterocycles. The molecular weight excluding hydrogens is 370 g/mol. The number of halogens is 1. The number of aromatic nitrogens is 1. The van der Waals surface area contributed by atoms with E-state index in [-0.39, 0.29) is 19.4 Å². The molecule has 0 aliphatic rings. The van der Waals surface area contributed by atoms with E-state index in [2.05, 4.69) is 5.16 Å². The van der Waals surface area contributed by atoms with Crippen molar-refractivity contribution in [1.29, 1.82) is 5.26 Å². The Morgan fingerprint density at radius 2 is 2.07 bits per heavy atom. The lowest BCUT2D eigenvalue weighted by Crippen LogP contribution is -2.35. The minimum absolute atomic E-state index is 0.0211. The zero-order valence-corrected chi connectivity index (χ0v) is 16.2. The van der Waals surface area contributed by atoms with E-state index in [1.165, 1.54) is 4.90 Å². The van der Waals surface area contributed by atoms with Crippen LogP contribution in [0.5, 0.6) is 0 Å². The molecule has 0 radical (unpaired) electrons. The number of carbonyl (C=O) groups is 2. The van der Waals surface area contributed by atoms with Gasteiger partial charge < -0.3 is 14.2 Å². The van der Waals surface area contributed by atoms with Gasteiger partial charge in [-0.3, -0.25) is 9.59 Å². The van der Waals surface area contributed by atoms with Crippen LogP contribution in [-0.4, -0.2) is 30.2 Å². The maximum atomic E-state index is 12.6. The highest BCUT2D eigenvalue weighted by atomic mass is 35.5. The average molecular weight is 390 g/mol. The van der Waals surface area contributed by atoms with E-state index in [1.54, 1.807) is 32.0 Å². The summed E-state index contributed by atoms with van der Waals surface area (Å²) in [7, 11) is 0. The molecule has 2 aromatic rings. The van der Waals surface area contributed by atoms with Crippen molar-refractivity contribution in [3.8, 4) is 6.07 Å². The molecule has 0 bridgehead atoms. The number of amides is 1. The van der Waals surface area contributed by atoms with Crippen LogP contribution in [0.1, 0.15) is 29.0 Å². The Hall–Kier alpha value is -2.85. The third-order valence-electron chi connectivity index (χ3n) is 4.06. The summed E-state index contributed by atoms with van der Waals surface area (Å²) in [4.78, 5) is 26.0. The number of rotatable bonds is 7. The average Bonchev–Trinajstić information content (AvgIpc) is 2.95. The van der Waals surface area contributed by atoms with Crippen LogP contribution in [0.3, 0.4) is 0 Å². The van der Waals surface area contributed by atoms with E-state index < -0.39 is 18.5 Å². The molecule has 1 aromatic carbocycles. The fraction of sp³-hybridized carbons (Fsp3) is 0.368. The van der Waals surface area contributed by atoms with Crippen LogP contribution in [0.25, 0.3) is 0 Å². The van der Waals surface area contributed by atoms with Crippen LogP contribution >= 0.6 is 11.6 Å². The number of anilines is 1. The highest BCUT2D eigenvalue weighted by molar-refractivity contribution is 6.31. The monoisotopic (exact) mass is 389 g/mol. The molecule has 142 valence electrons. The van der Waals surface area contributed by atoms with E-state index in [9.17, 15) is 9.59 Å². The van der Waals surface area contributed by atoms with Gasteiger partial charge in [0.25, 0.3) is 5.91 Å². The van der Waals surface area contributed by atoms with Gasteiger partial charge in [0.05, 0.1) is 24.6 Å². The molecule has 0 unspecified atom stereocenters. The molecule has 7 nitrogen and oxygen atoms in total. The van der Waals surface area contributed by atoms with E-state index in [4.69, 9.17) is 26.1 Å². The number of esters is 1. The molecule has 1 heterocycles. The fourth-order valence-corrected chi connectivity index (χ4v) is 2.64. The molecule has 0 saturated heterocycles. The normalized spacial score (nSPS) is 10.3. The smallest absolute Gasteiger partial charge is 0.310 e. The maximum Gasteiger partial charge on any atom is 0.310 e. The minimum atomic E-state index is -0.551. The van der Waals surface area contributed by atoms with Crippen molar-refractivity contribution >= 4 is 29.2 Å². The van der Waals surface area contributed by atoms with Crippen molar-refractivity contribution in [2.24, 2.45) is 0 Å². The van der Waals surface area contributed by atoms with Gasteiger partial charge in [-0.25, -0.2) is 0 Å². The zero-order chi connectivity index (χ0) is 20.0. The molecule has 0 atom stereocenters. The fourth-order valence-electron chi connectivity index (χ4n) is 2.53. The molecule has 0 spiro atoms. The van der Waals surface area contributed by atoms with Gasteiger partial charge in [0, 0.05) is 22.8 Å². The predicted molar refractivity (Wildman–Crippen MR) is 99.4 cm³/mol. The topological polar surface area (TPSA) is 96.4 Å². The van der Waals surface area contributed by atoms with Crippen molar-refractivity contribution in [3.63, 3.8) is 0 Å². The first-order valence-corrected chi connectivity index (χ1v) is 8.72. The van der Waals surface area contributed by atoms with Crippen molar-refractivity contribution in [3.05, 3.63) is 45.8 Å². The molecule has 1 aromatic heterocycles. The highest BCUT2D eigenvalue weighted by Crippen LogP contribution is 2.23. The van der Waals surface area contributed by atoms with E-state index in [0.29, 0.717) is 27.7 Å². The lowest BCUT2D eigenvalue weighted by Gasteiger charge is -2.22. The van der Waals surface area contributed by atoms with Gasteiger partial charge in [0.2, 0.25) is 0 Å². The van der Waals surface area contributed by atoms with Crippen LogP contribution in [0, 0.1) is 32.1 Å². The lowest BCUT2D eigenvalue weighted by atomic mass is 10.1. The molecule has 8 heteroatoms. The Kier molecular flexibility index (Phi) is 6.97. The van der Waals surface area contributed by atoms with E-state index in [0.717, 1.165) is 5.56 Å². The first-order chi connectivity index (χ1) is 12.8. The lowest BCUT2D eigenvalue weighted by molar-refractivity contribution is -0.147. The standard InChI is InChI=1S/C19H20ClN3O4/c1-12-9-15(5-6-17(12)20)23(8-4-7-21)18(24)11-26-19(25)10-16-13(2)22-27-14(16)3/h5-6,9H,4,8,10-11H2,1-3H3. The first-order valence-electron chi connectivity index (χ1n) is 8.34. The summed E-state index contributed by atoms with van der Waals surface area (Å²) < 4.78 is 10.1. The van der Waals surface area contributed by atoms with Crippen molar-refractivity contribution in [1.82, 2.24) is 5.16 Å². The van der Waals surface area contributed by atoms with Gasteiger partial charge in [-0.1, -0.05) is 16.8 Å². The van der Waals surface area contributed by atoms with E-state index >= 15 is 0 Å². The van der Waals surface area contributed by atoms with Crippen LogP contribution in [0.2, 0.25) is 5.02 Å². The third kappa shape index (κ3) is 5.31. The highest BCUT2D eigenvalue weighted by Gasteiger charge is 2.20. The van der Waals surface area contributed by atoms with E-state index in [1.807, 2.05) is 13.0 Å². The van der Waals surface area contributed by atoms with Crippen LogP contribution in [0.15, 0.2) is 22.7 Å². The summed E-state index contributed by atoms with van der Waals surface area (Å²) >= 11 is 6.03. The van der Waals surface area contributed by atoms with Gasteiger partial charge in [0.15, 0.2) is 6.61 Å². The summed E-state index contributed by atoms with van der Waals surface area (Å²) in [5, 5.41) is 13.2. The summed E-state index contributed by atoms with van der Waals surface area (Å²) in [6.45, 7) is 5.03. The van der Waals surface area contributed by atoms with Crippen molar-refractivity contribution in [2.75, 3.05) is 18.1 Å². The zero-order valence-electron chi connectivity index (χ0n) is 15.4. The SMILES string of the molecule is Cc1cc(N(CCC#N)C(=O)COC(=O)Cc2c(C)noc2C)ccc1Cl. The quantitative estimate of drug-likeness (QED) is 0.674. The molecule has 0 saturated carbocycles. The molecule has 2 rings (SSSR count). The summed E-state index contributed by atoms with van der Waals surface area (Å²) in [6.07, 6.45) is 0.132. The number of carbonyl (C=O) groups excluding carboxylic acids is 2. The number of hydrogen-bond acceptors (Lipinski definition) is 6. The number of nitrogens with zero attached hydrogens (tertiary/aromatic N) is 3. The number of hydrogen-bond donors (Lipinski definition) is 0.